The van der Waals surface area contributed by atoms with E-state index in [0.29, 0.717) is 27.8 Å². The molecule has 0 fully saturated rings. The average Bonchev–Trinajstić information content (AvgIpc) is 3.03. The van der Waals surface area contributed by atoms with Gasteiger partial charge in [0.2, 0.25) is 0 Å². The van der Waals surface area contributed by atoms with Gasteiger partial charge in [-0.3, -0.25) is 9.59 Å². The Hall–Kier alpha value is -3.55. The van der Waals surface area contributed by atoms with Crippen molar-refractivity contribution in [3.05, 3.63) is 83.4 Å². The molecule has 1 heterocycles. The summed E-state index contributed by atoms with van der Waals surface area (Å²) in [5, 5.41) is 20.3. The normalized spacial score (nSPS) is 18.0. The number of methoxy groups -OCH3 is 1. The van der Waals surface area contributed by atoms with Crippen molar-refractivity contribution in [2.75, 3.05) is 23.1 Å². The minimum atomic E-state index is -2.16. The molecule has 4 rings (SSSR count). The quantitative estimate of drug-likeness (QED) is 0.472. The van der Waals surface area contributed by atoms with Crippen LogP contribution in [-0.4, -0.2) is 30.1 Å². The summed E-state index contributed by atoms with van der Waals surface area (Å²) in [4.78, 5) is 26.2. The number of hydrogen-bond donors (Lipinski definition) is 4. The first-order chi connectivity index (χ1) is 14.9. The lowest BCUT2D eigenvalue weighted by atomic mass is 9.86. The largest absolute Gasteiger partial charge is 0.497 e. The number of halogens is 1. The van der Waals surface area contributed by atoms with Crippen LogP contribution < -0.4 is 20.7 Å². The molecule has 2 amide bonds. The third kappa shape index (κ3) is 3.93. The Bertz CT molecular complexity index is 1120. The maximum Gasteiger partial charge on any atom is 0.263 e. The van der Waals surface area contributed by atoms with E-state index in [9.17, 15) is 14.7 Å². The van der Waals surface area contributed by atoms with Gasteiger partial charge in [-0.2, -0.15) is 0 Å². The minimum Gasteiger partial charge on any atom is -0.497 e. The van der Waals surface area contributed by atoms with Gasteiger partial charge in [-0.1, -0.05) is 35.9 Å². The molecular weight excluding hydrogens is 418 g/mol. The lowest BCUT2D eigenvalue weighted by Gasteiger charge is -2.31. The Balaban J connectivity index is 1.72. The van der Waals surface area contributed by atoms with Gasteiger partial charge in [-0.25, -0.2) is 0 Å². The van der Waals surface area contributed by atoms with E-state index in [2.05, 4.69) is 16.0 Å². The van der Waals surface area contributed by atoms with Crippen LogP contribution >= 0.6 is 11.6 Å². The first-order valence-corrected chi connectivity index (χ1v) is 9.90. The monoisotopic (exact) mass is 437 g/mol. The molecule has 0 bridgehead atoms. The van der Waals surface area contributed by atoms with Crippen molar-refractivity contribution < 1.29 is 19.4 Å². The van der Waals surface area contributed by atoms with Gasteiger partial charge in [0.1, 0.15) is 11.8 Å². The molecule has 31 heavy (non-hydrogen) atoms. The van der Waals surface area contributed by atoms with E-state index >= 15 is 0 Å². The SMILES string of the molecule is COc1ccc(NC(=O)C(Nc2ccccc2)C2(O)C(=O)Nc3cc(Cl)ccc32)cc1. The number of para-hydroxylation sites is 1. The highest BCUT2D eigenvalue weighted by Gasteiger charge is 2.54. The first-order valence-electron chi connectivity index (χ1n) is 9.52. The number of benzene rings is 3. The summed E-state index contributed by atoms with van der Waals surface area (Å²) in [6.45, 7) is 0. The Labute approximate surface area is 184 Å². The summed E-state index contributed by atoms with van der Waals surface area (Å²) >= 11 is 6.03. The molecule has 7 nitrogen and oxygen atoms in total. The van der Waals surface area contributed by atoms with Gasteiger partial charge in [-0.15, -0.1) is 0 Å². The Morgan fingerprint density at radius 1 is 1.06 bits per heavy atom. The van der Waals surface area contributed by atoms with Gasteiger partial charge in [0.25, 0.3) is 11.8 Å². The second kappa shape index (κ2) is 8.29. The fourth-order valence-electron chi connectivity index (χ4n) is 3.53. The van der Waals surface area contributed by atoms with Crippen molar-refractivity contribution >= 4 is 40.5 Å². The van der Waals surface area contributed by atoms with Crippen molar-refractivity contribution in [2.24, 2.45) is 0 Å². The number of amides is 2. The molecule has 2 atom stereocenters. The van der Waals surface area contributed by atoms with Crippen molar-refractivity contribution in [1.82, 2.24) is 0 Å². The van der Waals surface area contributed by atoms with Crippen LogP contribution in [0.2, 0.25) is 5.02 Å². The van der Waals surface area contributed by atoms with Crippen LogP contribution in [0.25, 0.3) is 0 Å². The maximum atomic E-state index is 13.3. The lowest BCUT2D eigenvalue weighted by Crippen LogP contribution is -2.55. The first kappa shape index (κ1) is 20.7. The van der Waals surface area contributed by atoms with Gasteiger partial charge in [-0.05, 0) is 48.5 Å². The zero-order valence-electron chi connectivity index (χ0n) is 16.6. The molecule has 3 aromatic rings. The van der Waals surface area contributed by atoms with Gasteiger partial charge in [0.05, 0.1) is 7.11 Å². The van der Waals surface area contributed by atoms with E-state index in [-0.39, 0.29) is 5.56 Å². The molecule has 0 radical (unpaired) electrons. The Morgan fingerprint density at radius 2 is 1.77 bits per heavy atom. The third-order valence-corrected chi connectivity index (χ3v) is 5.34. The summed E-state index contributed by atoms with van der Waals surface area (Å²) in [5.74, 6) is -0.672. The van der Waals surface area contributed by atoms with Crippen molar-refractivity contribution in [3.63, 3.8) is 0 Å². The third-order valence-electron chi connectivity index (χ3n) is 5.11. The molecule has 1 aliphatic rings. The van der Waals surface area contributed by atoms with Crippen molar-refractivity contribution in [1.29, 1.82) is 0 Å². The molecule has 0 aromatic heterocycles. The van der Waals surface area contributed by atoms with Crippen LogP contribution in [0.4, 0.5) is 17.1 Å². The lowest BCUT2D eigenvalue weighted by molar-refractivity contribution is -0.140. The minimum absolute atomic E-state index is 0.264. The number of aliphatic hydroxyl groups is 1. The summed E-state index contributed by atoms with van der Waals surface area (Å²) in [7, 11) is 1.55. The number of hydrogen-bond acceptors (Lipinski definition) is 5. The van der Waals surface area contributed by atoms with E-state index in [1.165, 1.54) is 12.1 Å². The summed E-state index contributed by atoms with van der Waals surface area (Å²) < 4.78 is 5.13. The number of anilines is 3. The second-order valence-electron chi connectivity index (χ2n) is 7.07. The molecule has 3 aromatic carbocycles. The predicted octanol–water partition coefficient (Wildman–Crippen LogP) is 3.61. The van der Waals surface area contributed by atoms with Crippen LogP contribution in [0.5, 0.6) is 5.75 Å². The van der Waals surface area contributed by atoms with E-state index in [1.54, 1.807) is 61.7 Å². The van der Waals surface area contributed by atoms with E-state index in [1.807, 2.05) is 6.07 Å². The Morgan fingerprint density at radius 3 is 2.45 bits per heavy atom. The molecule has 8 heteroatoms. The highest BCUT2D eigenvalue weighted by molar-refractivity contribution is 6.31. The highest BCUT2D eigenvalue weighted by Crippen LogP contribution is 2.41. The molecule has 4 N–H and O–H groups in total. The van der Waals surface area contributed by atoms with Crippen LogP contribution in [0.15, 0.2) is 72.8 Å². The molecule has 1 aliphatic heterocycles. The van der Waals surface area contributed by atoms with Gasteiger partial charge >= 0.3 is 0 Å². The standard InChI is InChI=1S/C23H20ClN3O4/c1-31-17-10-8-16(9-11-17)26-21(28)20(25-15-5-3-2-4-6-15)23(30)18-12-7-14(24)13-19(18)27-22(23)29/h2-13,20,25,30H,1H3,(H,26,28)(H,27,29). The van der Waals surface area contributed by atoms with Crippen molar-refractivity contribution in [2.45, 2.75) is 11.6 Å². The number of carbonyl (C=O) groups excluding carboxylic acids is 2. The summed E-state index contributed by atoms with van der Waals surface area (Å²) in [5.41, 5.74) is -0.478. The van der Waals surface area contributed by atoms with E-state index in [4.69, 9.17) is 16.3 Å². The molecule has 2 unspecified atom stereocenters. The molecule has 0 saturated heterocycles. The van der Waals surface area contributed by atoms with E-state index < -0.39 is 23.5 Å². The topological polar surface area (TPSA) is 99.7 Å². The van der Waals surface area contributed by atoms with Crippen LogP contribution in [0, 0.1) is 0 Å². The zero-order chi connectivity index (χ0) is 22.0. The highest BCUT2D eigenvalue weighted by atomic mass is 35.5. The zero-order valence-corrected chi connectivity index (χ0v) is 17.3. The average molecular weight is 438 g/mol. The predicted molar refractivity (Wildman–Crippen MR) is 119 cm³/mol. The second-order valence-corrected chi connectivity index (χ2v) is 7.51. The fraction of sp³-hybridized carbons (Fsp3) is 0.130. The van der Waals surface area contributed by atoms with Gasteiger partial charge < -0.3 is 25.8 Å². The number of fused-ring (bicyclic) bond motifs is 1. The number of rotatable bonds is 6. The van der Waals surface area contributed by atoms with Crippen LogP contribution in [-0.2, 0) is 15.2 Å². The maximum absolute atomic E-state index is 13.3. The van der Waals surface area contributed by atoms with Crippen LogP contribution in [0.3, 0.4) is 0 Å². The molecule has 0 aliphatic carbocycles. The van der Waals surface area contributed by atoms with Crippen LogP contribution in [0.1, 0.15) is 5.56 Å². The number of nitrogens with one attached hydrogen (secondary N) is 3. The van der Waals surface area contributed by atoms with Crippen molar-refractivity contribution in [3.8, 4) is 5.75 Å². The number of carbonyl (C=O) groups is 2. The molecule has 0 spiro atoms. The van der Waals surface area contributed by atoms with Gasteiger partial charge in [0, 0.05) is 27.6 Å². The molecular formula is C23H20ClN3O4. The van der Waals surface area contributed by atoms with Gasteiger partial charge in [0.15, 0.2) is 5.60 Å². The fourth-order valence-corrected chi connectivity index (χ4v) is 3.70. The van der Waals surface area contributed by atoms with E-state index in [0.717, 1.165) is 0 Å². The molecule has 158 valence electrons. The summed E-state index contributed by atoms with van der Waals surface area (Å²) in [6.07, 6.45) is 0. The summed E-state index contributed by atoms with van der Waals surface area (Å²) in [6, 6.07) is 18.9. The Kier molecular flexibility index (Phi) is 5.54. The smallest absolute Gasteiger partial charge is 0.263 e. The molecule has 0 saturated carbocycles. The number of ether oxygens (including phenoxy) is 1.